The number of hydrogen-bond donors (Lipinski definition) is 1. The minimum atomic E-state index is -3.13. The Morgan fingerprint density at radius 1 is 1.06 bits per heavy atom. The Labute approximate surface area is 109 Å². The molecule has 1 saturated carbocycles. The summed E-state index contributed by atoms with van der Waals surface area (Å²) in [5, 5.41) is -0.361. The van der Waals surface area contributed by atoms with Gasteiger partial charge in [-0.2, -0.15) is 0 Å². The quantitative estimate of drug-likeness (QED) is 0.855. The fraction of sp³-hybridized carbons (Fsp3) is 0.571. The van der Waals surface area contributed by atoms with Crippen molar-refractivity contribution in [3.8, 4) is 0 Å². The summed E-state index contributed by atoms with van der Waals surface area (Å²) in [4.78, 5) is 0. The first-order valence-corrected chi connectivity index (χ1v) is 8.32. The molecule has 0 saturated heterocycles. The molecule has 0 spiro atoms. The zero-order valence-corrected chi connectivity index (χ0v) is 11.4. The maximum Gasteiger partial charge on any atom is 0.158 e. The number of benzene rings is 1. The molecule has 100 valence electrons. The fourth-order valence-electron chi connectivity index (χ4n) is 2.66. The van der Waals surface area contributed by atoms with Gasteiger partial charge in [-0.3, -0.25) is 0 Å². The normalized spacial score (nSPS) is 25.6. The molecule has 1 aliphatic rings. The molecule has 1 aliphatic carbocycles. The molecule has 18 heavy (non-hydrogen) atoms. The monoisotopic (exact) mass is 267 g/mol. The first-order valence-electron chi connectivity index (χ1n) is 6.61. The minimum absolute atomic E-state index is 0.117. The second-order valence-electron chi connectivity index (χ2n) is 5.13. The summed E-state index contributed by atoms with van der Waals surface area (Å²) in [7, 11) is -3.13. The van der Waals surface area contributed by atoms with E-state index in [1.807, 2.05) is 30.3 Å². The standard InChI is InChI=1S/C14H21NO2S/c15-13-9-5-2-6-10-14(13)18(16,17)11-12-7-3-1-4-8-12/h1,3-4,7-8,13-14H,2,5-6,9-11,15H2. The van der Waals surface area contributed by atoms with Gasteiger partial charge in [0.25, 0.3) is 0 Å². The van der Waals surface area contributed by atoms with Gasteiger partial charge in [0.15, 0.2) is 9.84 Å². The molecule has 0 amide bonds. The number of sulfone groups is 1. The van der Waals surface area contributed by atoms with Crippen LogP contribution in [-0.2, 0) is 15.6 Å². The van der Waals surface area contributed by atoms with Crippen molar-refractivity contribution in [3.63, 3.8) is 0 Å². The summed E-state index contributed by atoms with van der Waals surface area (Å²) in [5.74, 6) is 0.117. The van der Waals surface area contributed by atoms with Gasteiger partial charge in [0.2, 0.25) is 0 Å². The Morgan fingerprint density at radius 3 is 2.44 bits per heavy atom. The summed E-state index contributed by atoms with van der Waals surface area (Å²) >= 11 is 0. The van der Waals surface area contributed by atoms with Crippen LogP contribution in [0.4, 0.5) is 0 Å². The molecule has 4 heteroatoms. The van der Waals surface area contributed by atoms with Gasteiger partial charge >= 0.3 is 0 Å². The highest BCUT2D eigenvalue weighted by Crippen LogP contribution is 2.24. The third-order valence-corrected chi connectivity index (χ3v) is 5.92. The molecule has 2 atom stereocenters. The van der Waals surface area contributed by atoms with Crippen molar-refractivity contribution in [1.29, 1.82) is 0 Å². The number of rotatable bonds is 3. The van der Waals surface area contributed by atoms with E-state index in [2.05, 4.69) is 0 Å². The molecule has 1 aromatic rings. The summed E-state index contributed by atoms with van der Waals surface area (Å²) < 4.78 is 24.9. The summed E-state index contributed by atoms with van der Waals surface area (Å²) in [5.41, 5.74) is 6.90. The molecule has 2 N–H and O–H groups in total. The van der Waals surface area contributed by atoms with Gasteiger partial charge in [-0.25, -0.2) is 8.42 Å². The molecule has 0 aromatic heterocycles. The molecular formula is C14H21NO2S. The predicted molar refractivity (Wildman–Crippen MR) is 73.9 cm³/mol. The van der Waals surface area contributed by atoms with Crippen molar-refractivity contribution in [1.82, 2.24) is 0 Å². The highest BCUT2D eigenvalue weighted by atomic mass is 32.2. The number of nitrogens with two attached hydrogens (primary N) is 1. The fourth-order valence-corrected chi connectivity index (χ4v) is 4.73. The van der Waals surface area contributed by atoms with Gasteiger partial charge in [0.05, 0.1) is 11.0 Å². The van der Waals surface area contributed by atoms with E-state index < -0.39 is 9.84 Å². The lowest BCUT2D eigenvalue weighted by molar-refractivity contribution is 0.530. The SMILES string of the molecule is NC1CCCCCC1S(=O)(=O)Cc1ccccc1. The lowest BCUT2D eigenvalue weighted by Gasteiger charge is -2.21. The van der Waals surface area contributed by atoms with Crippen molar-refractivity contribution >= 4 is 9.84 Å². The van der Waals surface area contributed by atoms with Crippen molar-refractivity contribution < 1.29 is 8.42 Å². The lowest BCUT2D eigenvalue weighted by atomic mass is 10.1. The molecule has 2 rings (SSSR count). The molecule has 0 aliphatic heterocycles. The molecule has 0 radical (unpaired) electrons. The van der Waals surface area contributed by atoms with Crippen LogP contribution in [0.2, 0.25) is 0 Å². The molecule has 2 unspecified atom stereocenters. The third kappa shape index (κ3) is 3.33. The van der Waals surface area contributed by atoms with Crippen molar-refractivity contribution in [3.05, 3.63) is 35.9 Å². The van der Waals surface area contributed by atoms with Gasteiger partial charge in [-0.05, 0) is 18.4 Å². The Bertz CT molecular complexity index is 470. The van der Waals surface area contributed by atoms with Gasteiger partial charge < -0.3 is 5.73 Å². The minimum Gasteiger partial charge on any atom is -0.327 e. The van der Waals surface area contributed by atoms with Crippen LogP contribution in [0.15, 0.2) is 30.3 Å². The van der Waals surface area contributed by atoms with Crippen LogP contribution in [0, 0.1) is 0 Å². The van der Waals surface area contributed by atoms with Gasteiger partial charge in [0.1, 0.15) is 0 Å². The van der Waals surface area contributed by atoms with Crippen LogP contribution in [0.1, 0.15) is 37.7 Å². The maximum absolute atomic E-state index is 12.4. The van der Waals surface area contributed by atoms with E-state index in [0.717, 1.165) is 37.7 Å². The van der Waals surface area contributed by atoms with Crippen LogP contribution in [0.25, 0.3) is 0 Å². The largest absolute Gasteiger partial charge is 0.327 e. The van der Waals surface area contributed by atoms with Crippen molar-refractivity contribution in [2.75, 3.05) is 0 Å². The summed E-state index contributed by atoms with van der Waals surface area (Å²) in [6.07, 6.45) is 4.69. The zero-order chi connectivity index (χ0) is 13.0. The molecule has 0 bridgehead atoms. The van der Waals surface area contributed by atoms with E-state index in [9.17, 15) is 8.42 Å². The van der Waals surface area contributed by atoms with E-state index in [0.29, 0.717) is 0 Å². The Morgan fingerprint density at radius 2 is 1.72 bits per heavy atom. The molecule has 0 heterocycles. The van der Waals surface area contributed by atoms with E-state index in [-0.39, 0.29) is 17.0 Å². The Kier molecular flexibility index (Phi) is 4.40. The summed E-state index contributed by atoms with van der Waals surface area (Å²) in [6, 6.07) is 9.17. The van der Waals surface area contributed by atoms with Gasteiger partial charge in [0, 0.05) is 6.04 Å². The van der Waals surface area contributed by atoms with Crippen LogP contribution in [0.3, 0.4) is 0 Å². The second kappa shape index (κ2) is 5.85. The lowest BCUT2D eigenvalue weighted by Crippen LogP contribution is -2.40. The first-order chi connectivity index (χ1) is 8.59. The van der Waals surface area contributed by atoms with Crippen LogP contribution < -0.4 is 5.73 Å². The van der Waals surface area contributed by atoms with Crippen molar-refractivity contribution in [2.24, 2.45) is 5.73 Å². The van der Waals surface area contributed by atoms with E-state index in [1.165, 1.54) is 0 Å². The summed E-state index contributed by atoms with van der Waals surface area (Å²) in [6.45, 7) is 0. The smallest absolute Gasteiger partial charge is 0.158 e. The number of hydrogen-bond acceptors (Lipinski definition) is 3. The topological polar surface area (TPSA) is 60.2 Å². The first kappa shape index (κ1) is 13.6. The molecular weight excluding hydrogens is 246 g/mol. The van der Waals surface area contributed by atoms with Crippen LogP contribution >= 0.6 is 0 Å². The average molecular weight is 267 g/mol. The van der Waals surface area contributed by atoms with Gasteiger partial charge in [-0.1, -0.05) is 49.6 Å². The Hall–Kier alpha value is -0.870. The van der Waals surface area contributed by atoms with E-state index in [4.69, 9.17) is 5.73 Å². The van der Waals surface area contributed by atoms with Crippen LogP contribution in [-0.4, -0.2) is 19.7 Å². The third-order valence-electron chi connectivity index (χ3n) is 3.68. The van der Waals surface area contributed by atoms with E-state index in [1.54, 1.807) is 0 Å². The second-order valence-corrected chi connectivity index (χ2v) is 7.35. The maximum atomic E-state index is 12.4. The molecule has 1 fully saturated rings. The molecule has 3 nitrogen and oxygen atoms in total. The zero-order valence-electron chi connectivity index (χ0n) is 10.6. The Balaban J connectivity index is 2.14. The van der Waals surface area contributed by atoms with Gasteiger partial charge in [-0.15, -0.1) is 0 Å². The highest BCUT2D eigenvalue weighted by molar-refractivity contribution is 7.91. The van der Waals surface area contributed by atoms with E-state index >= 15 is 0 Å². The highest BCUT2D eigenvalue weighted by Gasteiger charge is 2.32. The average Bonchev–Trinajstić information content (AvgIpc) is 2.55. The molecule has 1 aromatic carbocycles. The van der Waals surface area contributed by atoms with Crippen LogP contribution in [0.5, 0.6) is 0 Å². The van der Waals surface area contributed by atoms with Crippen molar-refractivity contribution in [2.45, 2.75) is 49.1 Å². The predicted octanol–water partition coefficient (Wildman–Crippen LogP) is 2.26.